The summed E-state index contributed by atoms with van der Waals surface area (Å²) in [7, 11) is -4.40. The third-order valence-electron chi connectivity index (χ3n) is 6.53. The van der Waals surface area contributed by atoms with E-state index in [0.29, 0.717) is 0 Å². The molecule has 1 aliphatic heterocycles. The molecule has 0 amide bonds. The van der Waals surface area contributed by atoms with Crippen LogP contribution >= 0.6 is 42.9 Å². The fourth-order valence-corrected chi connectivity index (χ4v) is 6.78. The SMILES string of the molecule is CC(C)(CO)C(=O)SCCOP(=O)(OCCSC(=O)C(C)(C)CO)OCC1OCC(F)(n2cnc3c(N)nc(Cl)nc32)C1O. The summed E-state index contributed by atoms with van der Waals surface area (Å²) in [4.78, 5) is 36.3. The minimum atomic E-state index is -4.40. The van der Waals surface area contributed by atoms with E-state index in [1.807, 2.05) is 0 Å². The number of thioether (sulfide) groups is 2. The third kappa shape index (κ3) is 8.67. The standard InChI is InChI=1S/C24H36ClFN5O10PS2/c1-22(2,10-32)19(35)43-7-5-39-42(37,40-6-8-44-20(36)23(3,4)11-33)41-9-14-16(34)24(26,12-38-14)31-13-28-15-17(27)29-21(25)30-18(15)31/h13-14,16,32-34H,5-12H2,1-4H3,(H2,27,29,30). The lowest BCUT2D eigenvalue weighted by molar-refractivity contribution is -0.120. The highest BCUT2D eigenvalue weighted by molar-refractivity contribution is 8.14. The number of hydrogen-bond acceptors (Lipinski definition) is 16. The van der Waals surface area contributed by atoms with Crippen LogP contribution in [0.25, 0.3) is 11.2 Å². The van der Waals surface area contributed by atoms with Crippen molar-refractivity contribution in [3.05, 3.63) is 11.6 Å². The number of anilines is 1. The number of rotatable bonds is 16. The number of nitrogen functional groups attached to an aromatic ring is 1. The van der Waals surface area contributed by atoms with Gasteiger partial charge in [0.2, 0.25) is 11.1 Å². The number of aliphatic hydroxyl groups excluding tert-OH is 3. The highest BCUT2D eigenvalue weighted by Gasteiger charge is 2.53. The largest absolute Gasteiger partial charge is 0.474 e. The Morgan fingerprint density at radius 2 is 1.68 bits per heavy atom. The number of fused-ring (bicyclic) bond motifs is 1. The van der Waals surface area contributed by atoms with Gasteiger partial charge in [-0.25, -0.2) is 13.9 Å². The van der Waals surface area contributed by atoms with Crippen LogP contribution in [0.2, 0.25) is 5.28 Å². The first-order chi connectivity index (χ1) is 20.5. The van der Waals surface area contributed by atoms with Crippen molar-refractivity contribution in [3.8, 4) is 0 Å². The molecule has 0 saturated carbocycles. The summed E-state index contributed by atoms with van der Waals surface area (Å²) in [5, 5.41) is 28.7. The number of phosphoric ester groups is 1. The number of halogens is 2. The van der Waals surface area contributed by atoms with Crippen molar-refractivity contribution >= 4 is 70.2 Å². The molecule has 2 aromatic heterocycles. The van der Waals surface area contributed by atoms with E-state index in [0.717, 1.165) is 34.4 Å². The number of alkyl halides is 1. The number of aliphatic hydroxyl groups is 3. The Labute approximate surface area is 266 Å². The van der Waals surface area contributed by atoms with E-state index in [2.05, 4.69) is 15.0 Å². The number of phosphoric acid groups is 1. The molecule has 3 atom stereocenters. The molecular formula is C24H36ClFN5O10PS2. The van der Waals surface area contributed by atoms with E-state index in [-0.39, 0.29) is 70.4 Å². The Bertz CT molecular complexity index is 1350. The fraction of sp³-hybridized carbons (Fsp3) is 0.708. The molecular weight excluding hydrogens is 668 g/mol. The van der Waals surface area contributed by atoms with Crippen LogP contribution in [0.4, 0.5) is 10.2 Å². The van der Waals surface area contributed by atoms with Crippen LogP contribution in [0, 0.1) is 10.8 Å². The molecule has 0 aromatic carbocycles. The fourth-order valence-electron chi connectivity index (χ4n) is 3.57. The van der Waals surface area contributed by atoms with Gasteiger partial charge in [0.25, 0.3) is 0 Å². The van der Waals surface area contributed by atoms with Crippen molar-refractivity contribution in [2.75, 3.05) is 56.9 Å². The average molecular weight is 704 g/mol. The van der Waals surface area contributed by atoms with Gasteiger partial charge >= 0.3 is 7.82 Å². The molecule has 248 valence electrons. The molecule has 0 spiro atoms. The minimum Gasteiger partial charge on any atom is -0.395 e. The molecule has 3 rings (SSSR count). The Morgan fingerprint density at radius 3 is 2.20 bits per heavy atom. The van der Waals surface area contributed by atoms with E-state index in [1.165, 1.54) is 0 Å². The zero-order valence-corrected chi connectivity index (χ0v) is 27.8. The van der Waals surface area contributed by atoms with Crippen LogP contribution in [0.15, 0.2) is 6.33 Å². The second-order valence-electron chi connectivity index (χ2n) is 11.0. The van der Waals surface area contributed by atoms with Crippen LogP contribution in [-0.2, 0) is 38.3 Å². The summed E-state index contributed by atoms with van der Waals surface area (Å²) >= 11 is 7.57. The van der Waals surface area contributed by atoms with Gasteiger partial charge < -0.3 is 25.8 Å². The molecule has 44 heavy (non-hydrogen) atoms. The quantitative estimate of drug-likeness (QED) is 0.112. The van der Waals surface area contributed by atoms with E-state index < -0.39 is 49.9 Å². The summed E-state index contributed by atoms with van der Waals surface area (Å²) < 4.78 is 52.1. The van der Waals surface area contributed by atoms with Gasteiger partial charge in [-0.15, -0.1) is 0 Å². The Morgan fingerprint density at radius 1 is 1.14 bits per heavy atom. The van der Waals surface area contributed by atoms with Gasteiger partial charge in [0.15, 0.2) is 21.7 Å². The van der Waals surface area contributed by atoms with E-state index in [9.17, 15) is 29.5 Å². The lowest BCUT2D eigenvalue weighted by Gasteiger charge is -2.26. The number of ether oxygens (including phenoxy) is 1. The molecule has 0 bridgehead atoms. The highest BCUT2D eigenvalue weighted by Crippen LogP contribution is 2.50. The number of carbonyl (C=O) groups excluding carboxylic acids is 2. The van der Waals surface area contributed by atoms with Crippen molar-refractivity contribution in [3.63, 3.8) is 0 Å². The van der Waals surface area contributed by atoms with Crippen molar-refractivity contribution in [1.82, 2.24) is 19.5 Å². The van der Waals surface area contributed by atoms with Crippen LogP contribution in [0.3, 0.4) is 0 Å². The topological polar surface area (TPSA) is 218 Å². The zero-order chi connectivity index (χ0) is 32.9. The van der Waals surface area contributed by atoms with Gasteiger partial charge in [-0.3, -0.25) is 27.7 Å². The van der Waals surface area contributed by atoms with Crippen LogP contribution < -0.4 is 5.73 Å². The molecule has 2 aromatic rings. The molecule has 0 radical (unpaired) electrons. The van der Waals surface area contributed by atoms with Gasteiger partial charge in [-0.1, -0.05) is 23.5 Å². The normalized spacial score (nSPS) is 21.3. The smallest absolute Gasteiger partial charge is 0.395 e. The molecule has 20 heteroatoms. The Balaban J connectivity index is 1.67. The Kier molecular flexibility index (Phi) is 12.6. The number of imidazole rings is 1. The number of aromatic nitrogens is 4. The summed E-state index contributed by atoms with van der Waals surface area (Å²) in [6.45, 7) is 3.69. The average Bonchev–Trinajstić information content (AvgIpc) is 3.53. The lowest BCUT2D eigenvalue weighted by atomic mass is 9.97. The first-order valence-electron chi connectivity index (χ1n) is 13.2. The van der Waals surface area contributed by atoms with Crippen LogP contribution in [-0.4, -0.2) is 108 Å². The molecule has 0 aliphatic carbocycles. The van der Waals surface area contributed by atoms with Crippen molar-refractivity contribution in [1.29, 1.82) is 0 Å². The molecule has 1 aliphatic rings. The second kappa shape index (κ2) is 15.0. The first-order valence-corrected chi connectivity index (χ1v) is 17.1. The van der Waals surface area contributed by atoms with E-state index >= 15 is 4.39 Å². The van der Waals surface area contributed by atoms with Gasteiger partial charge in [0.1, 0.15) is 24.3 Å². The maximum atomic E-state index is 16.1. The summed E-state index contributed by atoms with van der Waals surface area (Å²) in [6.07, 6.45) is -2.16. The van der Waals surface area contributed by atoms with Crippen LogP contribution in [0.5, 0.6) is 0 Å². The molecule has 5 N–H and O–H groups in total. The summed E-state index contributed by atoms with van der Waals surface area (Å²) in [6, 6.07) is 0. The molecule has 1 saturated heterocycles. The molecule has 3 unspecified atom stereocenters. The summed E-state index contributed by atoms with van der Waals surface area (Å²) in [5.41, 5.74) is 3.78. The number of nitrogens with two attached hydrogens (primary N) is 1. The zero-order valence-electron chi connectivity index (χ0n) is 24.5. The maximum Gasteiger partial charge on any atom is 0.474 e. The van der Waals surface area contributed by atoms with Gasteiger partial charge in [0.05, 0.1) is 50.2 Å². The number of nitrogens with zero attached hydrogens (tertiary/aromatic N) is 4. The van der Waals surface area contributed by atoms with E-state index in [1.54, 1.807) is 27.7 Å². The molecule has 15 nitrogen and oxygen atoms in total. The lowest BCUT2D eigenvalue weighted by Crippen LogP contribution is -2.43. The minimum absolute atomic E-state index is 0.0360. The van der Waals surface area contributed by atoms with Crippen molar-refractivity contribution in [2.24, 2.45) is 10.8 Å². The maximum absolute atomic E-state index is 16.1. The second-order valence-corrected chi connectivity index (χ2v) is 15.2. The predicted octanol–water partition coefficient (Wildman–Crippen LogP) is 2.16. The first kappa shape index (κ1) is 37.0. The van der Waals surface area contributed by atoms with Crippen molar-refractivity contribution < 1.29 is 52.2 Å². The molecule has 1 fully saturated rings. The van der Waals surface area contributed by atoms with E-state index in [4.69, 9.17) is 35.6 Å². The van der Waals surface area contributed by atoms with Gasteiger partial charge in [0, 0.05) is 11.5 Å². The Hall–Kier alpha value is -1.44. The molecule has 3 heterocycles. The third-order valence-corrected chi connectivity index (χ3v) is 10.5. The van der Waals surface area contributed by atoms with Crippen LogP contribution in [0.1, 0.15) is 27.7 Å². The van der Waals surface area contributed by atoms with Gasteiger partial charge in [-0.05, 0) is 39.3 Å². The van der Waals surface area contributed by atoms with Gasteiger partial charge in [-0.2, -0.15) is 9.97 Å². The highest BCUT2D eigenvalue weighted by atomic mass is 35.5. The summed E-state index contributed by atoms with van der Waals surface area (Å²) in [5.74, 6) is -2.61. The van der Waals surface area contributed by atoms with Crippen molar-refractivity contribution in [2.45, 2.75) is 45.7 Å². The number of hydrogen-bond donors (Lipinski definition) is 4. The number of carbonyl (C=O) groups is 2. The monoisotopic (exact) mass is 703 g/mol. The predicted molar refractivity (Wildman–Crippen MR) is 162 cm³/mol.